The molecule has 5 aliphatic heterocycles. The standard InChI is InChI=1S/C52H59ClN6O7S/c1-33-37(10-7-11-40(33)36-15-16-44-47(26-36)64-23-22-63-44)31-66-46-27-45(65-30-35-9-6-8-34(24-35)28-54)38(25-41(46)53)29-59-19-5-4-12-43(59)51(61)55-39-17-20-58(21-18-39)49(60)14-3-2-13-48-50-42(32-67-48)56-52(62)57-50/h6-11,15-16,24-27,39,42-43,48,50H,2-5,12-14,17-23,29-32H2,1H3,(H,55,61)(H2,56,57,62)/t42-,43?,48-,50-/m1/s1. The van der Waals surface area contributed by atoms with E-state index in [2.05, 4.69) is 39.9 Å². The van der Waals surface area contributed by atoms with E-state index in [4.69, 9.17) is 30.5 Å². The van der Waals surface area contributed by atoms with Gasteiger partial charge in [-0.2, -0.15) is 17.0 Å². The van der Waals surface area contributed by atoms with E-state index in [0.717, 1.165) is 109 Å². The number of amides is 4. The van der Waals surface area contributed by atoms with Gasteiger partial charge in [-0.25, -0.2) is 4.79 Å². The highest BCUT2D eigenvalue weighted by atomic mass is 35.5. The number of nitrogens with one attached hydrogen (secondary N) is 3. The number of piperidine rings is 2. The number of urea groups is 1. The molecule has 5 heterocycles. The molecule has 1 unspecified atom stereocenters. The molecule has 0 spiro atoms. The number of thioether (sulfide) groups is 1. The van der Waals surface area contributed by atoms with Crippen molar-refractivity contribution in [1.29, 1.82) is 5.26 Å². The van der Waals surface area contributed by atoms with Gasteiger partial charge < -0.3 is 39.8 Å². The first kappa shape index (κ1) is 46.5. The number of carbonyl (C=O) groups is 3. The van der Waals surface area contributed by atoms with Crippen LogP contribution in [-0.4, -0.2) is 95.7 Å². The van der Waals surface area contributed by atoms with Crippen LogP contribution in [0.3, 0.4) is 0 Å². The van der Waals surface area contributed by atoms with E-state index in [1.54, 1.807) is 6.07 Å². The summed E-state index contributed by atoms with van der Waals surface area (Å²) in [6.07, 6.45) is 7.42. The molecule has 0 saturated carbocycles. The van der Waals surface area contributed by atoms with Crippen molar-refractivity contribution in [2.75, 3.05) is 38.6 Å². The van der Waals surface area contributed by atoms with E-state index in [0.29, 0.717) is 66.6 Å². The Morgan fingerprint density at radius 1 is 0.896 bits per heavy atom. The minimum atomic E-state index is -0.325. The molecule has 4 saturated heterocycles. The van der Waals surface area contributed by atoms with Gasteiger partial charge in [0.2, 0.25) is 11.8 Å². The summed E-state index contributed by atoms with van der Waals surface area (Å²) in [7, 11) is 0. The number of halogens is 1. The van der Waals surface area contributed by atoms with Gasteiger partial charge in [0.15, 0.2) is 11.5 Å². The molecule has 3 N–H and O–H groups in total. The van der Waals surface area contributed by atoms with Gasteiger partial charge in [-0.1, -0.05) is 60.8 Å². The third-order valence-electron chi connectivity index (χ3n) is 13.8. The fourth-order valence-electron chi connectivity index (χ4n) is 10.0. The molecule has 352 valence electrons. The molecule has 0 aromatic heterocycles. The Balaban J connectivity index is 0.824. The Hall–Kier alpha value is -5.62. The molecule has 0 radical (unpaired) electrons. The summed E-state index contributed by atoms with van der Waals surface area (Å²) in [6.45, 7) is 6.10. The molecule has 5 aliphatic rings. The lowest BCUT2D eigenvalue weighted by Gasteiger charge is -2.37. The van der Waals surface area contributed by atoms with Gasteiger partial charge in [0.25, 0.3) is 0 Å². The summed E-state index contributed by atoms with van der Waals surface area (Å²) in [6, 6.07) is 25.5. The first-order valence-electron chi connectivity index (χ1n) is 23.8. The van der Waals surface area contributed by atoms with Gasteiger partial charge in [0.1, 0.15) is 37.9 Å². The smallest absolute Gasteiger partial charge is 0.315 e. The first-order valence-corrected chi connectivity index (χ1v) is 25.2. The van der Waals surface area contributed by atoms with E-state index in [-0.39, 0.29) is 55.2 Å². The largest absolute Gasteiger partial charge is 0.488 e. The fourth-order valence-corrected chi connectivity index (χ4v) is 11.8. The molecule has 4 aromatic carbocycles. The van der Waals surface area contributed by atoms with Gasteiger partial charge in [0.05, 0.1) is 34.8 Å². The van der Waals surface area contributed by atoms with Crippen molar-refractivity contribution in [3.05, 3.63) is 106 Å². The molecule has 4 atom stereocenters. The molecule has 4 aromatic rings. The zero-order valence-corrected chi connectivity index (χ0v) is 39.6. The molecule has 67 heavy (non-hydrogen) atoms. The van der Waals surface area contributed by atoms with Gasteiger partial charge >= 0.3 is 6.03 Å². The molecule has 9 rings (SSSR count). The Labute approximate surface area is 402 Å². The van der Waals surface area contributed by atoms with Gasteiger partial charge in [-0.05, 0) is 110 Å². The van der Waals surface area contributed by atoms with Crippen molar-refractivity contribution in [1.82, 2.24) is 25.8 Å². The number of nitriles is 1. The third kappa shape index (κ3) is 11.2. The van der Waals surface area contributed by atoms with Crippen molar-refractivity contribution in [3.8, 4) is 40.2 Å². The van der Waals surface area contributed by atoms with Crippen LogP contribution in [0.15, 0.2) is 72.8 Å². The number of ether oxygens (including phenoxy) is 4. The maximum atomic E-state index is 14.1. The number of benzene rings is 4. The van der Waals surface area contributed by atoms with Crippen LogP contribution in [0, 0.1) is 18.3 Å². The zero-order chi connectivity index (χ0) is 46.3. The summed E-state index contributed by atoms with van der Waals surface area (Å²) >= 11 is 8.95. The second kappa shape index (κ2) is 21.6. The second-order valence-electron chi connectivity index (χ2n) is 18.2. The lowest BCUT2D eigenvalue weighted by molar-refractivity contribution is -0.133. The van der Waals surface area contributed by atoms with Crippen LogP contribution in [0.5, 0.6) is 23.0 Å². The van der Waals surface area contributed by atoms with E-state index in [1.807, 2.05) is 77.3 Å². The summed E-state index contributed by atoms with van der Waals surface area (Å²) in [4.78, 5) is 43.1. The van der Waals surface area contributed by atoms with Crippen molar-refractivity contribution < 1.29 is 33.3 Å². The number of nitrogens with zero attached hydrogens (tertiary/aromatic N) is 3. The first-order chi connectivity index (χ1) is 32.7. The molecule has 4 fully saturated rings. The van der Waals surface area contributed by atoms with E-state index in [1.165, 1.54) is 0 Å². The van der Waals surface area contributed by atoms with Crippen molar-refractivity contribution in [2.24, 2.45) is 0 Å². The highest BCUT2D eigenvalue weighted by molar-refractivity contribution is 8.00. The quantitative estimate of drug-likeness (QED) is 0.0739. The zero-order valence-electron chi connectivity index (χ0n) is 38.0. The molecule has 4 amide bonds. The number of rotatable bonds is 16. The summed E-state index contributed by atoms with van der Waals surface area (Å²) < 4.78 is 24.6. The molecule has 0 bridgehead atoms. The lowest BCUT2D eigenvalue weighted by atomic mass is 9.96. The highest BCUT2D eigenvalue weighted by Crippen LogP contribution is 2.39. The van der Waals surface area contributed by atoms with Crippen LogP contribution in [0.25, 0.3) is 11.1 Å². The van der Waals surface area contributed by atoms with Gasteiger partial charge in [0, 0.05) is 54.7 Å². The number of hydrogen-bond donors (Lipinski definition) is 3. The maximum Gasteiger partial charge on any atom is 0.315 e. The predicted molar refractivity (Wildman–Crippen MR) is 259 cm³/mol. The van der Waals surface area contributed by atoms with Gasteiger partial charge in [-0.15, -0.1) is 0 Å². The molecular weight excluding hydrogens is 888 g/mol. The highest BCUT2D eigenvalue weighted by Gasteiger charge is 2.42. The van der Waals surface area contributed by atoms with Crippen molar-refractivity contribution >= 4 is 41.2 Å². The molecule has 0 aliphatic carbocycles. The van der Waals surface area contributed by atoms with E-state index < -0.39 is 0 Å². The van der Waals surface area contributed by atoms with Crippen LogP contribution in [0.1, 0.15) is 85.6 Å². The minimum absolute atomic E-state index is 0.00258. The van der Waals surface area contributed by atoms with E-state index in [9.17, 15) is 19.6 Å². The molecule has 13 nitrogen and oxygen atoms in total. The summed E-state index contributed by atoms with van der Waals surface area (Å²) in [5, 5.41) is 19.8. The Morgan fingerprint density at radius 3 is 2.57 bits per heavy atom. The van der Waals surface area contributed by atoms with Crippen molar-refractivity contribution in [2.45, 2.75) is 114 Å². The Morgan fingerprint density at radius 2 is 1.72 bits per heavy atom. The Bertz CT molecular complexity index is 2490. The predicted octanol–water partition coefficient (Wildman–Crippen LogP) is 8.30. The molecule has 15 heteroatoms. The number of likely N-dealkylation sites (tertiary alicyclic amines) is 2. The average molecular weight is 948 g/mol. The van der Waals surface area contributed by atoms with Crippen LogP contribution in [-0.2, 0) is 29.3 Å². The fraction of sp³-hybridized carbons (Fsp3) is 0.462. The number of hydrogen-bond acceptors (Lipinski definition) is 10. The summed E-state index contributed by atoms with van der Waals surface area (Å²) in [5.41, 5.74) is 6.43. The molecular formula is C52H59ClN6O7S. The van der Waals surface area contributed by atoms with Crippen LogP contribution in [0.4, 0.5) is 4.79 Å². The monoisotopic (exact) mass is 946 g/mol. The minimum Gasteiger partial charge on any atom is -0.488 e. The Kier molecular flexibility index (Phi) is 15.0. The number of fused-ring (bicyclic) bond motifs is 2. The third-order valence-corrected chi connectivity index (χ3v) is 15.6. The summed E-state index contributed by atoms with van der Waals surface area (Å²) in [5.74, 6) is 3.69. The SMILES string of the molecule is Cc1c(COc2cc(OCc3cccc(C#N)c3)c(CN3CCCCC3C(=O)NC3CCN(C(=O)CCCC[C@H]4SC[C@H]5NC(=O)N[C@H]54)CC3)cc2Cl)cccc1-c1ccc2c(c1)OCCO2. The lowest BCUT2D eigenvalue weighted by Crippen LogP contribution is -2.53. The van der Waals surface area contributed by atoms with Crippen LogP contribution < -0.4 is 34.9 Å². The van der Waals surface area contributed by atoms with Crippen LogP contribution in [0.2, 0.25) is 5.02 Å². The van der Waals surface area contributed by atoms with Crippen LogP contribution >= 0.6 is 23.4 Å². The van der Waals surface area contributed by atoms with E-state index >= 15 is 0 Å². The maximum absolute atomic E-state index is 14.1. The van der Waals surface area contributed by atoms with Gasteiger partial charge in [-0.3, -0.25) is 14.5 Å². The number of unbranched alkanes of at least 4 members (excludes halogenated alkanes) is 1. The second-order valence-corrected chi connectivity index (χ2v) is 19.9. The normalized spacial score (nSPS) is 21.4. The number of carbonyl (C=O) groups excluding carboxylic acids is 3. The average Bonchev–Trinajstić information content (AvgIpc) is 3.91. The van der Waals surface area contributed by atoms with Crippen molar-refractivity contribution in [3.63, 3.8) is 0 Å². The topological polar surface area (TPSA) is 154 Å².